The maximum absolute atomic E-state index is 13.0. The van der Waals surface area contributed by atoms with E-state index in [4.69, 9.17) is 0 Å². The fraction of sp³-hybridized carbons (Fsp3) is 0.333. The first-order chi connectivity index (χ1) is 12.5. The van der Waals surface area contributed by atoms with E-state index in [9.17, 15) is 14.0 Å². The predicted molar refractivity (Wildman–Crippen MR) is 98.4 cm³/mol. The minimum absolute atomic E-state index is 0.0620. The summed E-state index contributed by atoms with van der Waals surface area (Å²) in [7, 11) is 0. The Morgan fingerprint density at radius 1 is 1.12 bits per heavy atom. The Bertz CT molecular complexity index is 802. The van der Waals surface area contributed by atoms with Gasteiger partial charge in [0.15, 0.2) is 0 Å². The zero-order valence-corrected chi connectivity index (χ0v) is 15.0. The first-order valence-corrected chi connectivity index (χ1v) is 8.87. The molecule has 1 aliphatic carbocycles. The van der Waals surface area contributed by atoms with Gasteiger partial charge in [-0.3, -0.25) is 9.59 Å². The van der Waals surface area contributed by atoms with Gasteiger partial charge in [-0.25, -0.2) is 4.39 Å². The SMILES string of the molecule is CC(C)[C@@H](NC(=O)c1ccc(F)cc1)C(=O)NC[C@H]1Cc2ccccc21. The van der Waals surface area contributed by atoms with Gasteiger partial charge in [0.05, 0.1) is 0 Å². The average Bonchev–Trinajstić information content (AvgIpc) is 2.60. The lowest BCUT2D eigenvalue weighted by Gasteiger charge is -2.31. The quantitative estimate of drug-likeness (QED) is 0.838. The monoisotopic (exact) mass is 354 g/mol. The molecular weight excluding hydrogens is 331 g/mol. The predicted octanol–water partition coefficient (Wildman–Crippen LogP) is 3.04. The first-order valence-electron chi connectivity index (χ1n) is 8.87. The number of amides is 2. The van der Waals surface area contributed by atoms with Crippen LogP contribution in [0, 0.1) is 11.7 Å². The Morgan fingerprint density at radius 3 is 2.46 bits per heavy atom. The molecule has 0 fully saturated rings. The van der Waals surface area contributed by atoms with Crippen LogP contribution in [0.5, 0.6) is 0 Å². The summed E-state index contributed by atoms with van der Waals surface area (Å²) in [4.78, 5) is 24.9. The summed E-state index contributed by atoms with van der Waals surface area (Å²) in [6, 6.07) is 12.9. The molecule has 0 bridgehead atoms. The van der Waals surface area contributed by atoms with Gasteiger partial charge in [-0.1, -0.05) is 38.1 Å². The summed E-state index contributed by atoms with van der Waals surface area (Å²) in [6.07, 6.45) is 0.963. The van der Waals surface area contributed by atoms with Crippen molar-refractivity contribution in [1.82, 2.24) is 10.6 Å². The van der Waals surface area contributed by atoms with Crippen molar-refractivity contribution in [3.05, 3.63) is 71.0 Å². The second-order valence-corrected chi connectivity index (χ2v) is 7.05. The smallest absolute Gasteiger partial charge is 0.251 e. The van der Waals surface area contributed by atoms with Crippen molar-refractivity contribution in [3.8, 4) is 0 Å². The zero-order valence-electron chi connectivity index (χ0n) is 15.0. The Morgan fingerprint density at radius 2 is 1.81 bits per heavy atom. The Kier molecular flexibility index (Phi) is 5.35. The van der Waals surface area contributed by atoms with Gasteiger partial charge in [-0.2, -0.15) is 0 Å². The van der Waals surface area contributed by atoms with Crippen LogP contribution in [-0.2, 0) is 11.2 Å². The van der Waals surface area contributed by atoms with Crippen molar-refractivity contribution >= 4 is 11.8 Å². The van der Waals surface area contributed by atoms with Crippen molar-refractivity contribution in [2.24, 2.45) is 5.92 Å². The number of benzene rings is 2. The molecule has 0 saturated carbocycles. The third-order valence-electron chi connectivity index (χ3n) is 4.83. The number of carbonyl (C=O) groups excluding carboxylic acids is 2. The second-order valence-electron chi connectivity index (χ2n) is 7.05. The molecule has 0 heterocycles. The summed E-state index contributed by atoms with van der Waals surface area (Å²) in [6.45, 7) is 4.33. The minimum atomic E-state index is -0.636. The fourth-order valence-corrected chi connectivity index (χ4v) is 3.24. The number of nitrogens with one attached hydrogen (secondary N) is 2. The molecule has 0 aromatic heterocycles. The largest absolute Gasteiger partial charge is 0.354 e. The van der Waals surface area contributed by atoms with E-state index >= 15 is 0 Å². The number of hydrogen-bond acceptors (Lipinski definition) is 2. The van der Waals surface area contributed by atoms with Crippen molar-refractivity contribution in [2.45, 2.75) is 32.2 Å². The normalized spacial score (nSPS) is 16.4. The van der Waals surface area contributed by atoms with Gasteiger partial charge < -0.3 is 10.6 Å². The van der Waals surface area contributed by atoms with Crippen molar-refractivity contribution < 1.29 is 14.0 Å². The van der Waals surface area contributed by atoms with Crippen molar-refractivity contribution in [2.75, 3.05) is 6.54 Å². The van der Waals surface area contributed by atoms with Crippen LogP contribution in [0.3, 0.4) is 0 Å². The summed E-state index contributed by atoms with van der Waals surface area (Å²) >= 11 is 0. The van der Waals surface area contributed by atoms with Crippen LogP contribution in [-0.4, -0.2) is 24.4 Å². The molecule has 1 aliphatic rings. The molecule has 0 radical (unpaired) electrons. The molecule has 5 heteroatoms. The molecule has 3 rings (SSSR count). The first kappa shape index (κ1) is 18.1. The maximum atomic E-state index is 13.0. The molecule has 0 saturated heterocycles. The van der Waals surface area contributed by atoms with Crippen molar-refractivity contribution in [1.29, 1.82) is 0 Å². The van der Waals surface area contributed by atoms with Gasteiger partial charge in [0.25, 0.3) is 5.91 Å². The average molecular weight is 354 g/mol. The number of rotatable bonds is 6. The minimum Gasteiger partial charge on any atom is -0.354 e. The third kappa shape index (κ3) is 3.93. The topological polar surface area (TPSA) is 58.2 Å². The van der Waals surface area contributed by atoms with Crippen LogP contribution >= 0.6 is 0 Å². The summed E-state index contributed by atoms with van der Waals surface area (Å²) in [5.74, 6) is -0.711. The van der Waals surface area contributed by atoms with Crippen LogP contribution in [0.25, 0.3) is 0 Å². The van der Waals surface area contributed by atoms with E-state index in [1.54, 1.807) is 0 Å². The standard InChI is InChI=1S/C21H23FN2O2/c1-13(2)19(24-20(25)14-7-9-17(22)10-8-14)21(26)23-12-16-11-15-5-3-4-6-18(15)16/h3-10,13,16,19H,11-12H2,1-2H3,(H,23,26)(H,24,25)/t16-,19-/m1/s1. The molecular formula is C21H23FN2O2. The number of hydrogen-bond donors (Lipinski definition) is 2. The highest BCUT2D eigenvalue weighted by molar-refractivity contribution is 5.97. The molecule has 0 unspecified atom stereocenters. The van der Waals surface area contributed by atoms with E-state index in [2.05, 4.69) is 22.8 Å². The lowest BCUT2D eigenvalue weighted by molar-refractivity contribution is -0.124. The van der Waals surface area contributed by atoms with Crippen molar-refractivity contribution in [3.63, 3.8) is 0 Å². The molecule has 2 amide bonds. The molecule has 2 N–H and O–H groups in total. The summed E-state index contributed by atoms with van der Waals surface area (Å²) < 4.78 is 13.0. The van der Waals surface area contributed by atoms with Crippen LogP contribution < -0.4 is 10.6 Å². The van der Waals surface area contributed by atoms with Crippen LogP contribution in [0.2, 0.25) is 0 Å². The molecule has 26 heavy (non-hydrogen) atoms. The van der Waals surface area contributed by atoms with E-state index in [-0.39, 0.29) is 17.7 Å². The van der Waals surface area contributed by atoms with Gasteiger partial charge in [0, 0.05) is 18.0 Å². The molecule has 2 aromatic carbocycles. The molecule has 0 spiro atoms. The van der Waals surface area contributed by atoms with Gasteiger partial charge >= 0.3 is 0 Å². The number of halogens is 1. The highest BCUT2D eigenvalue weighted by Crippen LogP contribution is 2.34. The highest BCUT2D eigenvalue weighted by Gasteiger charge is 2.28. The van der Waals surface area contributed by atoms with E-state index in [0.29, 0.717) is 18.0 Å². The van der Waals surface area contributed by atoms with Gasteiger partial charge in [0.2, 0.25) is 5.91 Å². The van der Waals surface area contributed by atoms with Crippen LogP contribution in [0.15, 0.2) is 48.5 Å². The third-order valence-corrected chi connectivity index (χ3v) is 4.83. The molecule has 136 valence electrons. The van der Waals surface area contributed by atoms with Gasteiger partial charge in [-0.15, -0.1) is 0 Å². The molecule has 2 aromatic rings. The lowest BCUT2D eigenvalue weighted by Crippen LogP contribution is -2.50. The summed E-state index contributed by atoms with van der Waals surface area (Å²) in [5.41, 5.74) is 2.94. The van der Waals surface area contributed by atoms with E-state index in [1.165, 1.54) is 35.4 Å². The highest BCUT2D eigenvalue weighted by atomic mass is 19.1. The molecule has 0 aliphatic heterocycles. The maximum Gasteiger partial charge on any atom is 0.251 e. The Hall–Kier alpha value is -2.69. The number of fused-ring (bicyclic) bond motifs is 1. The van der Waals surface area contributed by atoms with E-state index in [1.807, 2.05) is 26.0 Å². The molecule has 4 nitrogen and oxygen atoms in total. The van der Waals surface area contributed by atoms with Gasteiger partial charge in [-0.05, 0) is 47.7 Å². The Labute approximate surface area is 152 Å². The van der Waals surface area contributed by atoms with E-state index < -0.39 is 11.9 Å². The van der Waals surface area contributed by atoms with Crippen LogP contribution in [0.1, 0.15) is 41.3 Å². The van der Waals surface area contributed by atoms with Gasteiger partial charge in [0.1, 0.15) is 11.9 Å². The Balaban J connectivity index is 1.58. The summed E-state index contributed by atoms with van der Waals surface area (Å²) in [5, 5.41) is 5.72. The number of carbonyl (C=O) groups is 2. The molecule has 2 atom stereocenters. The zero-order chi connectivity index (χ0) is 18.7. The van der Waals surface area contributed by atoms with Crippen LogP contribution in [0.4, 0.5) is 4.39 Å². The van der Waals surface area contributed by atoms with E-state index in [0.717, 1.165) is 6.42 Å². The fourth-order valence-electron chi connectivity index (χ4n) is 3.24. The second kappa shape index (κ2) is 7.68. The lowest BCUT2D eigenvalue weighted by atomic mass is 9.77.